The van der Waals surface area contributed by atoms with E-state index in [9.17, 15) is 0 Å². The third-order valence-corrected chi connectivity index (χ3v) is 5.31. The third kappa shape index (κ3) is 6.48. The van der Waals surface area contributed by atoms with Crippen molar-refractivity contribution in [1.82, 2.24) is 10.2 Å². The Morgan fingerprint density at radius 3 is 1.76 bits per heavy atom. The lowest BCUT2D eigenvalue weighted by atomic mass is 10.1. The monoisotopic (exact) mass is 456 g/mol. The minimum atomic E-state index is 0.381. The fourth-order valence-corrected chi connectivity index (χ4v) is 3.47. The maximum atomic E-state index is 6.11. The van der Waals surface area contributed by atoms with Crippen LogP contribution in [0.3, 0.4) is 0 Å². The van der Waals surface area contributed by atoms with Crippen LogP contribution in [0.4, 0.5) is 0 Å². The Balaban J connectivity index is 1.50. The zero-order chi connectivity index (χ0) is 23.6. The van der Waals surface area contributed by atoms with E-state index in [0.717, 1.165) is 40.3 Å². The number of aryl methyl sites for hydroxylation is 2. The van der Waals surface area contributed by atoms with Crippen LogP contribution in [0.25, 0.3) is 0 Å². The molecule has 0 fully saturated rings. The van der Waals surface area contributed by atoms with E-state index < -0.39 is 0 Å². The van der Waals surface area contributed by atoms with Crippen LogP contribution in [0.15, 0.2) is 84.9 Å². The second-order valence-corrected chi connectivity index (χ2v) is 7.77. The maximum absolute atomic E-state index is 6.11. The average Bonchev–Trinajstić information content (AvgIpc) is 2.91. The number of benzene rings is 3. The summed E-state index contributed by atoms with van der Waals surface area (Å²) in [5.74, 6) is 2.48. The zero-order valence-electron chi connectivity index (χ0n) is 19.4. The summed E-state index contributed by atoms with van der Waals surface area (Å²) >= 11 is 0. The minimum Gasteiger partial charge on any atom is -0.497 e. The van der Waals surface area contributed by atoms with Crippen LogP contribution in [-0.2, 0) is 26.1 Å². The molecule has 0 aliphatic carbocycles. The molecule has 4 rings (SSSR count). The van der Waals surface area contributed by atoms with Gasteiger partial charge in [0, 0.05) is 12.1 Å². The molecular formula is C28H28N2O4. The molecule has 0 spiro atoms. The molecule has 0 aliphatic heterocycles. The number of aromatic nitrogens is 2. The van der Waals surface area contributed by atoms with Gasteiger partial charge < -0.3 is 18.9 Å². The summed E-state index contributed by atoms with van der Waals surface area (Å²) < 4.78 is 22.8. The molecular weight excluding hydrogens is 428 g/mol. The molecule has 174 valence electrons. The molecule has 34 heavy (non-hydrogen) atoms. The second kappa shape index (κ2) is 11.7. The predicted molar refractivity (Wildman–Crippen MR) is 131 cm³/mol. The van der Waals surface area contributed by atoms with Crippen LogP contribution in [0.5, 0.6) is 23.1 Å². The Labute approximate surface area is 200 Å². The van der Waals surface area contributed by atoms with Crippen molar-refractivity contribution in [3.8, 4) is 23.1 Å². The molecule has 0 saturated heterocycles. The number of nitrogens with zero attached hydrogens (tertiary/aromatic N) is 2. The molecule has 3 aromatic carbocycles. The van der Waals surface area contributed by atoms with Crippen molar-refractivity contribution in [2.75, 3.05) is 14.2 Å². The van der Waals surface area contributed by atoms with E-state index in [4.69, 9.17) is 18.9 Å². The summed E-state index contributed by atoms with van der Waals surface area (Å²) in [4.78, 5) is 0. The SMILES string of the molecule is COc1cc(CCc2cc(OCc3ccccc3)c(OCc3ccccc3)nn2)cc(OC)c1. The van der Waals surface area contributed by atoms with Crippen LogP contribution in [-0.4, -0.2) is 24.4 Å². The lowest BCUT2D eigenvalue weighted by Crippen LogP contribution is -2.06. The quantitative estimate of drug-likeness (QED) is 0.300. The van der Waals surface area contributed by atoms with Crippen LogP contribution in [0.2, 0.25) is 0 Å². The highest BCUT2D eigenvalue weighted by Crippen LogP contribution is 2.28. The molecule has 1 aromatic heterocycles. The van der Waals surface area contributed by atoms with Crippen molar-refractivity contribution < 1.29 is 18.9 Å². The van der Waals surface area contributed by atoms with Crippen LogP contribution >= 0.6 is 0 Å². The first-order valence-electron chi connectivity index (χ1n) is 11.2. The normalized spacial score (nSPS) is 10.5. The molecule has 0 aliphatic rings. The van der Waals surface area contributed by atoms with Gasteiger partial charge in [0.05, 0.1) is 19.9 Å². The third-order valence-electron chi connectivity index (χ3n) is 5.31. The summed E-state index contributed by atoms with van der Waals surface area (Å²) in [6, 6.07) is 27.7. The second-order valence-electron chi connectivity index (χ2n) is 7.77. The van der Waals surface area contributed by atoms with Crippen molar-refractivity contribution in [2.24, 2.45) is 0 Å². The topological polar surface area (TPSA) is 62.7 Å². The standard InChI is InChI=1S/C28H28N2O4/c1-31-25-15-23(16-26(18-25)32-2)13-14-24-17-27(33-19-21-9-5-3-6-10-21)28(30-29-24)34-20-22-11-7-4-8-12-22/h3-12,15-18H,13-14,19-20H2,1-2H3. The van der Waals surface area contributed by atoms with Crippen molar-refractivity contribution in [1.29, 1.82) is 0 Å². The number of methoxy groups -OCH3 is 2. The molecule has 0 amide bonds. The first kappa shape index (κ1) is 23.1. The summed E-state index contributed by atoms with van der Waals surface area (Å²) in [5.41, 5.74) is 4.03. The first-order chi connectivity index (χ1) is 16.7. The van der Waals surface area contributed by atoms with Crippen molar-refractivity contribution in [3.05, 3.63) is 107 Å². The summed E-state index contributed by atoms with van der Waals surface area (Å²) in [6.45, 7) is 0.806. The average molecular weight is 457 g/mol. The lowest BCUT2D eigenvalue weighted by molar-refractivity contribution is 0.243. The maximum Gasteiger partial charge on any atom is 0.276 e. The molecule has 0 bridgehead atoms. The Kier molecular flexibility index (Phi) is 7.95. The molecule has 0 N–H and O–H groups in total. The van der Waals surface area contributed by atoms with Gasteiger partial charge >= 0.3 is 0 Å². The Bertz CT molecular complexity index is 1160. The van der Waals surface area contributed by atoms with Gasteiger partial charge in [-0.25, -0.2) is 0 Å². The van der Waals surface area contributed by atoms with E-state index in [0.29, 0.717) is 31.3 Å². The molecule has 0 radical (unpaired) electrons. The zero-order valence-corrected chi connectivity index (χ0v) is 19.4. The molecule has 1 heterocycles. The fourth-order valence-electron chi connectivity index (χ4n) is 3.47. The smallest absolute Gasteiger partial charge is 0.276 e. The van der Waals surface area contributed by atoms with Crippen LogP contribution in [0, 0.1) is 0 Å². The van der Waals surface area contributed by atoms with E-state index in [1.807, 2.05) is 84.9 Å². The number of hydrogen-bond acceptors (Lipinski definition) is 6. The van der Waals surface area contributed by atoms with Gasteiger partial charge in [-0.15, -0.1) is 5.10 Å². The highest BCUT2D eigenvalue weighted by atomic mass is 16.5. The van der Waals surface area contributed by atoms with Gasteiger partial charge in [0.15, 0.2) is 5.75 Å². The van der Waals surface area contributed by atoms with Gasteiger partial charge in [-0.2, -0.15) is 5.10 Å². The largest absolute Gasteiger partial charge is 0.497 e. The van der Waals surface area contributed by atoms with Crippen molar-refractivity contribution >= 4 is 0 Å². The Hall–Kier alpha value is -4.06. The lowest BCUT2D eigenvalue weighted by Gasteiger charge is -2.13. The predicted octanol–water partition coefficient (Wildman–Crippen LogP) is 5.44. The summed E-state index contributed by atoms with van der Waals surface area (Å²) in [5, 5.41) is 8.73. The fraction of sp³-hybridized carbons (Fsp3) is 0.214. The van der Waals surface area contributed by atoms with Gasteiger partial charge in [0.25, 0.3) is 5.88 Å². The van der Waals surface area contributed by atoms with Crippen molar-refractivity contribution in [3.63, 3.8) is 0 Å². The van der Waals surface area contributed by atoms with E-state index in [-0.39, 0.29) is 0 Å². The highest BCUT2D eigenvalue weighted by molar-refractivity contribution is 5.39. The van der Waals surface area contributed by atoms with Gasteiger partial charge in [0.2, 0.25) is 0 Å². The number of rotatable bonds is 11. The molecule has 6 heteroatoms. The van der Waals surface area contributed by atoms with Gasteiger partial charge in [-0.3, -0.25) is 0 Å². The molecule has 0 atom stereocenters. The number of ether oxygens (including phenoxy) is 4. The minimum absolute atomic E-state index is 0.381. The van der Waals surface area contributed by atoms with E-state index >= 15 is 0 Å². The Morgan fingerprint density at radius 2 is 1.18 bits per heavy atom. The van der Waals surface area contributed by atoms with Gasteiger partial charge in [-0.1, -0.05) is 60.7 Å². The van der Waals surface area contributed by atoms with Gasteiger partial charge in [0.1, 0.15) is 24.7 Å². The molecule has 4 aromatic rings. The molecule has 0 unspecified atom stereocenters. The molecule has 0 saturated carbocycles. The van der Waals surface area contributed by atoms with Crippen LogP contribution < -0.4 is 18.9 Å². The van der Waals surface area contributed by atoms with E-state index in [1.54, 1.807) is 14.2 Å². The Morgan fingerprint density at radius 1 is 0.588 bits per heavy atom. The van der Waals surface area contributed by atoms with Crippen molar-refractivity contribution in [2.45, 2.75) is 26.1 Å². The van der Waals surface area contributed by atoms with Gasteiger partial charge in [-0.05, 0) is 41.7 Å². The summed E-state index contributed by atoms with van der Waals surface area (Å²) in [6.07, 6.45) is 1.44. The number of hydrogen-bond donors (Lipinski definition) is 0. The van der Waals surface area contributed by atoms with E-state index in [2.05, 4.69) is 10.2 Å². The first-order valence-corrected chi connectivity index (χ1v) is 11.2. The summed E-state index contributed by atoms with van der Waals surface area (Å²) in [7, 11) is 3.29. The highest BCUT2D eigenvalue weighted by Gasteiger charge is 2.12. The van der Waals surface area contributed by atoms with E-state index in [1.165, 1.54) is 0 Å². The van der Waals surface area contributed by atoms with Crippen LogP contribution in [0.1, 0.15) is 22.4 Å². The molecule has 6 nitrogen and oxygen atoms in total.